The molecule has 138 valence electrons. The number of hydrogen-bond acceptors (Lipinski definition) is 4. The predicted octanol–water partition coefficient (Wildman–Crippen LogP) is 3.79. The summed E-state index contributed by atoms with van der Waals surface area (Å²) in [6.45, 7) is 2.30. The van der Waals surface area contributed by atoms with Crippen LogP contribution in [0.4, 0.5) is 0 Å². The number of benzene rings is 2. The first-order valence-electron chi connectivity index (χ1n) is 8.76. The van der Waals surface area contributed by atoms with Crippen molar-refractivity contribution in [3.63, 3.8) is 0 Å². The fourth-order valence-corrected chi connectivity index (χ4v) is 3.92. The van der Waals surface area contributed by atoms with Crippen molar-refractivity contribution in [1.82, 2.24) is 4.90 Å². The second kappa shape index (κ2) is 6.94. The Morgan fingerprint density at radius 1 is 1.15 bits per heavy atom. The molecule has 0 saturated heterocycles. The molecule has 1 aliphatic rings. The number of aryl methyl sites for hydroxylation is 1. The van der Waals surface area contributed by atoms with Crippen LogP contribution in [0.1, 0.15) is 39.7 Å². The van der Waals surface area contributed by atoms with Crippen molar-refractivity contribution in [2.24, 2.45) is 0 Å². The van der Waals surface area contributed by atoms with Gasteiger partial charge in [0.1, 0.15) is 5.58 Å². The van der Waals surface area contributed by atoms with Gasteiger partial charge in [0.15, 0.2) is 5.43 Å². The van der Waals surface area contributed by atoms with Crippen molar-refractivity contribution in [2.75, 3.05) is 13.2 Å². The highest BCUT2D eigenvalue weighted by Crippen LogP contribution is 2.38. The summed E-state index contributed by atoms with van der Waals surface area (Å²) in [6.07, 6.45) is 0.432. The summed E-state index contributed by atoms with van der Waals surface area (Å²) in [6, 6.07) is 12.4. The second-order valence-electron chi connectivity index (χ2n) is 6.70. The van der Waals surface area contributed by atoms with Crippen LogP contribution in [0.15, 0.2) is 56.1 Å². The smallest absolute Gasteiger partial charge is 0.290 e. The van der Waals surface area contributed by atoms with Crippen molar-refractivity contribution in [1.29, 1.82) is 0 Å². The number of aliphatic hydroxyl groups excluding tert-OH is 1. The van der Waals surface area contributed by atoms with Crippen LogP contribution in [0, 0.1) is 6.92 Å². The van der Waals surface area contributed by atoms with E-state index in [1.54, 1.807) is 23.1 Å². The molecule has 2 heterocycles. The molecular formula is C21H18BrNO4. The fourth-order valence-electron chi connectivity index (χ4n) is 3.56. The molecule has 1 N–H and O–H groups in total. The molecule has 27 heavy (non-hydrogen) atoms. The normalized spacial score (nSPS) is 16.2. The molecule has 6 heteroatoms. The van der Waals surface area contributed by atoms with Gasteiger partial charge in [-0.1, -0.05) is 45.8 Å². The lowest BCUT2D eigenvalue weighted by Crippen LogP contribution is -2.31. The minimum Gasteiger partial charge on any atom is -0.450 e. The molecule has 4 rings (SSSR count). The van der Waals surface area contributed by atoms with Gasteiger partial charge >= 0.3 is 0 Å². The zero-order valence-electron chi connectivity index (χ0n) is 14.7. The van der Waals surface area contributed by atoms with E-state index in [4.69, 9.17) is 4.42 Å². The molecule has 1 amide bonds. The molecule has 3 aromatic rings. The molecule has 2 aromatic carbocycles. The van der Waals surface area contributed by atoms with Crippen molar-refractivity contribution < 1.29 is 14.3 Å². The van der Waals surface area contributed by atoms with Gasteiger partial charge in [0.05, 0.1) is 17.0 Å². The Labute approximate surface area is 164 Å². The minimum atomic E-state index is -0.515. The number of carbonyl (C=O) groups excluding carboxylic acids is 1. The molecule has 0 radical (unpaired) electrons. The van der Waals surface area contributed by atoms with Gasteiger partial charge in [0.25, 0.3) is 5.91 Å². The number of halogens is 1. The van der Waals surface area contributed by atoms with E-state index in [0.717, 1.165) is 15.6 Å². The lowest BCUT2D eigenvalue weighted by atomic mass is 9.97. The maximum Gasteiger partial charge on any atom is 0.290 e. The van der Waals surface area contributed by atoms with Crippen LogP contribution in [-0.4, -0.2) is 29.1 Å². The molecule has 1 atom stereocenters. The summed E-state index contributed by atoms with van der Waals surface area (Å²) in [5.74, 6) is -0.218. The van der Waals surface area contributed by atoms with Crippen molar-refractivity contribution in [2.45, 2.75) is 19.4 Å². The molecule has 0 saturated carbocycles. The van der Waals surface area contributed by atoms with E-state index >= 15 is 0 Å². The molecule has 5 nitrogen and oxygen atoms in total. The number of fused-ring (bicyclic) bond motifs is 2. The van der Waals surface area contributed by atoms with E-state index in [-0.39, 0.29) is 23.7 Å². The first-order chi connectivity index (χ1) is 13.0. The largest absolute Gasteiger partial charge is 0.450 e. The van der Waals surface area contributed by atoms with Gasteiger partial charge in [-0.15, -0.1) is 0 Å². The standard InChI is InChI=1S/C21H18BrNO4/c1-12-3-5-13(6-4-12)18-17-19(25)15-11-14(22)7-8-16(15)27-20(17)21(26)23(18)9-2-10-24/h3-8,11,18,24H,2,9-10H2,1H3. The maximum atomic E-state index is 13.3. The third-order valence-corrected chi connectivity index (χ3v) is 5.37. The van der Waals surface area contributed by atoms with Crippen LogP contribution >= 0.6 is 15.9 Å². The zero-order valence-corrected chi connectivity index (χ0v) is 16.3. The average molecular weight is 428 g/mol. The summed E-state index contributed by atoms with van der Waals surface area (Å²) in [5.41, 5.74) is 2.51. The SMILES string of the molecule is Cc1ccc(C2c3c(oc4ccc(Br)cc4c3=O)C(=O)N2CCCO)cc1. The average Bonchev–Trinajstić information content (AvgIpc) is 2.94. The lowest BCUT2D eigenvalue weighted by Gasteiger charge is -2.25. The van der Waals surface area contributed by atoms with Gasteiger partial charge in [-0.2, -0.15) is 0 Å². The second-order valence-corrected chi connectivity index (χ2v) is 7.62. The Morgan fingerprint density at radius 3 is 2.59 bits per heavy atom. The van der Waals surface area contributed by atoms with Gasteiger partial charge in [0, 0.05) is 17.6 Å². The van der Waals surface area contributed by atoms with Crippen molar-refractivity contribution in [3.8, 4) is 0 Å². The monoisotopic (exact) mass is 427 g/mol. The van der Waals surface area contributed by atoms with Crippen LogP contribution in [0.3, 0.4) is 0 Å². The maximum absolute atomic E-state index is 13.3. The van der Waals surface area contributed by atoms with Crippen LogP contribution < -0.4 is 5.43 Å². The lowest BCUT2D eigenvalue weighted by molar-refractivity contribution is 0.0716. The number of nitrogens with zero attached hydrogens (tertiary/aromatic N) is 1. The highest BCUT2D eigenvalue weighted by molar-refractivity contribution is 9.10. The number of hydrogen-bond donors (Lipinski definition) is 1. The molecule has 1 aromatic heterocycles. The summed E-state index contributed by atoms with van der Waals surface area (Å²) in [7, 11) is 0. The van der Waals surface area contributed by atoms with Gasteiger partial charge < -0.3 is 14.4 Å². The third kappa shape index (κ3) is 2.99. The molecule has 1 aliphatic heterocycles. The van der Waals surface area contributed by atoms with Crippen molar-refractivity contribution >= 4 is 32.8 Å². The summed E-state index contributed by atoms with van der Waals surface area (Å²) >= 11 is 3.39. The topological polar surface area (TPSA) is 70.8 Å². The third-order valence-electron chi connectivity index (χ3n) is 4.88. The summed E-state index contributed by atoms with van der Waals surface area (Å²) < 4.78 is 6.64. The summed E-state index contributed by atoms with van der Waals surface area (Å²) in [5, 5.41) is 9.68. The highest BCUT2D eigenvalue weighted by atomic mass is 79.9. The van der Waals surface area contributed by atoms with E-state index in [9.17, 15) is 14.7 Å². The summed E-state index contributed by atoms with van der Waals surface area (Å²) in [4.78, 5) is 27.9. The van der Waals surface area contributed by atoms with E-state index < -0.39 is 6.04 Å². The number of aliphatic hydroxyl groups is 1. The highest BCUT2D eigenvalue weighted by Gasteiger charge is 2.42. The number of amides is 1. The Bertz CT molecular complexity index is 1090. The van der Waals surface area contributed by atoms with E-state index in [0.29, 0.717) is 29.5 Å². The van der Waals surface area contributed by atoms with E-state index in [1.807, 2.05) is 31.2 Å². The first-order valence-corrected chi connectivity index (χ1v) is 9.55. The van der Waals surface area contributed by atoms with Crippen molar-refractivity contribution in [3.05, 3.63) is 79.6 Å². The molecule has 0 bridgehead atoms. The number of rotatable bonds is 4. The van der Waals surface area contributed by atoms with Gasteiger partial charge in [0.2, 0.25) is 5.76 Å². The van der Waals surface area contributed by atoms with Crippen LogP contribution in [0.2, 0.25) is 0 Å². The molecule has 0 fully saturated rings. The van der Waals surface area contributed by atoms with Crippen LogP contribution in [0.25, 0.3) is 11.0 Å². The Morgan fingerprint density at radius 2 is 1.89 bits per heavy atom. The molecule has 1 unspecified atom stereocenters. The van der Waals surface area contributed by atoms with E-state index in [1.165, 1.54) is 0 Å². The Balaban J connectivity index is 1.97. The Hall–Kier alpha value is -2.44. The number of carbonyl (C=O) groups is 1. The minimum absolute atomic E-state index is 0.0307. The van der Waals surface area contributed by atoms with E-state index in [2.05, 4.69) is 15.9 Å². The molecule has 0 spiro atoms. The molecular weight excluding hydrogens is 410 g/mol. The quantitative estimate of drug-likeness (QED) is 0.687. The Kier molecular flexibility index (Phi) is 4.61. The first kappa shape index (κ1) is 17.9. The van der Waals surface area contributed by atoms with Gasteiger partial charge in [-0.05, 0) is 37.1 Å². The van der Waals surface area contributed by atoms with Gasteiger partial charge in [-0.25, -0.2) is 0 Å². The van der Waals surface area contributed by atoms with Gasteiger partial charge in [-0.3, -0.25) is 9.59 Å². The van der Waals surface area contributed by atoms with Crippen LogP contribution in [0.5, 0.6) is 0 Å². The zero-order chi connectivity index (χ0) is 19.1. The predicted molar refractivity (Wildman–Crippen MR) is 106 cm³/mol. The molecule has 0 aliphatic carbocycles. The van der Waals surface area contributed by atoms with Crippen LogP contribution in [-0.2, 0) is 0 Å². The fraction of sp³-hybridized carbons (Fsp3) is 0.238.